The molecule has 2 unspecified atom stereocenters. The van der Waals surface area contributed by atoms with E-state index in [0.29, 0.717) is 6.61 Å². The predicted molar refractivity (Wildman–Crippen MR) is 61.4 cm³/mol. The zero-order chi connectivity index (χ0) is 12.1. The summed E-state index contributed by atoms with van der Waals surface area (Å²) < 4.78 is 16.4. The number of ether oxygens (including phenoxy) is 3. The molecule has 1 aliphatic heterocycles. The Kier molecular flexibility index (Phi) is 5.69. The molecular weight excluding hydrogens is 208 g/mol. The highest BCUT2D eigenvalue weighted by atomic mass is 16.6. The van der Waals surface area contributed by atoms with E-state index in [-0.39, 0.29) is 24.2 Å². The maximum Gasteiger partial charge on any atom is 0.108 e. The summed E-state index contributed by atoms with van der Waals surface area (Å²) in [6.07, 6.45) is 1.01. The summed E-state index contributed by atoms with van der Waals surface area (Å²) in [4.78, 5) is 0. The van der Waals surface area contributed by atoms with Gasteiger partial charge in [-0.25, -0.2) is 0 Å². The fraction of sp³-hybridized carbons (Fsp3) is 1.00. The van der Waals surface area contributed by atoms with Crippen molar-refractivity contribution in [2.24, 2.45) is 5.92 Å². The van der Waals surface area contributed by atoms with Gasteiger partial charge in [-0.3, -0.25) is 0 Å². The standard InChI is InChI=1S/C12H24O4/c1-5-8-11(13)9(6-2)16-10(7-14-3)12(8)15-4/h8-13H,5-7H2,1-4H3/t8-,9-,10?,11?,12-/m1/s1. The van der Waals surface area contributed by atoms with Gasteiger partial charge < -0.3 is 19.3 Å². The highest BCUT2D eigenvalue weighted by molar-refractivity contribution is 4.91. The Morgan fingerprint density at radius 1 is 1.12 bits per heavy atom. The van der Waals surface area contributed by atoms with Crippen LogP contribution in [0.2, 0.25) is 0 Å². The van der Waals surface area contributed by atoms with Crippen LogP contribution in [-0.2, 0) is 14.2 Å². The van der Waals surface area contributed by atoms with E-state index in [9.17, 15) is 5.11 Å². The quantitative estimate of drug-likeness (QED) is 0.774. The molecule has 4 heteroatoms. The molecule has 1 heterocycles. The molecular formula is C12H24O4. The van der Waals surface area contributed by atoms with Crippen LogP contribution in [0.1, 0.15) is 26.7 Å². The van der Waals surface area contributed by atoms with E-state index in [4.69, 9.17) is 14.2 Å². The van der Waals surface area contributed by atoms with Crippen molar-refractivity contribution in [1.29, 1.82) is 0 Å². The van der Waals surface area contributed by atoms with Crippen LogP contribution in [0.15, 0.2) is 0 Å². The van der Waals surface area contributed by atoms with Gasteiger partial charge in [0, 0.05) is 20.1 Å². The summed E-state index contributed by atoms with van der Waals surface area (Å²) in [5.74, 6) is 0.129. The normalized spacial score (nSPS) is 39.9. The average molecular weight is 232 g/mol. The first-order chi connectivity index (χ1) is 7.69. The van der Waals surface area contributed by atoms with Crippen LogP contribution < -0.4 is 0 Å². The van der Waals surface area contributed by atoms with Crippen molar-refractivity contribution in [2.75, 3.05) is 20.8 Å². The Morgan fingerprint density at radius 2 is 1.81 bits per heavy atom. The molecule has 16 heavy (non-hydrogen) atoms. The molecule has 0 amide bonds. The fourth-order valence-electron chi connectivity index (χ4n) is 2.56. The van der Waals surface area contributed by atoms with Gasteiger partial charge in [0.05, 0.1) is 24.9 Å². The molecule has 5 atom stereocenters. The summed E-state index contributed by atoms with van der Waals surface area (Å²) in [5, 5.41) is 10.2. The molecule has 1 rings (SSSR count). The van der Waals surface area contributed by atoms with E-state index in [0.717, 1.165) is 12.8 Å². The molecule has 0 saturated carbocycles. The largest absolute Gasteiger partial charge is 0.390 e. The first-order valence-electron chi connectivity index (χ1n) is 6.04. The van der Waals surface area contributed by atoms with Gasteiger partial charge in [0.1, 0.15) is 6.10 Å². The molecule has 1 fully saturated rings. The lowest BCUT2D eigenvalue weighted by atomic mass is 9.83. The Balaban J connectivity index is 2.77. The van der Waals surface area contributed by atoms with Gasteiger partial charge >= 0.3 is 0 Å². The van der Waals surface area contributed by atoms with Crippen LogP contribution in [-0.4, -0.2) is 50.3 Å². The van der Waals surface area contributed by atoms with Crippen LogP contribution in [0.3, 0.4) is 0 Å². The van der Waals surface area contributed by atoms with Crippen molar-refractivity contribution in [3.05, 3.63) is 0 Å². The molecule has 96 valence electrons. The lowest BCUT2D eigenvalue weighted by Gasteiger charge is -2.44. The van der Waals surface area contributed by atoms with E-state index in [1.54, 1.807) is 14.2 Å². The molecule has 0 aromatic heterocycles. The molecule has 0 bridgehead atoms. The number of methoxy groups -OCH3 is 2. The van der Waals surface area contributed by atoms with Crippen LogP contribution in [0.4, 0.5) is 0 Å². The highest BCUT2D eigenvalue weighted by Crippen LogP contribution is 2.31. The molecule has 0 spiro atoms. The third-order valence-electron chi connectivity index (χ3n) is 3.43. The lowest BCUT2D eigenvalue weighted by molar-refractivity contribution is -0.219. The van der Waals surface area contributed by atoms with Crippen molar-refractivity contribution < 1.29 is 19.3 Å². The Bertz CT molecular complexity index is 193. The number of aliphatic hydroxyl groups is 1. The second kappa shape index (κ2) is 6.55. The van der Waals surface area contributed by atoms with Crippen LogP contribution in [0.25, 0.3) is 0 Å². The van der Waals surface area contributed by atoms with E-state index in [1.165, 1.54) is 0 Å². The monoisotopic (exact) mass is 232 g/mol. The maximum absolute atomic E-state index is 10.2. The van der Waals surface area contributed by atoms with Crippen LogP contribution in [0, 0.1) is 5.92 Å². The molecule has 0 radical (unpaired) electrons. The first-order valence-corrected chi connectivity index (χ1v) is 6.04. The van der Waals surface area contributed by atoms with Gasteiger partial charge in [-0.05, 0) is 12.8 Å². The van der Waals surface area contributed by atoms with E-state index in [2.05, 4.69) is 6.92 Å². The van der Waals surface area contributed by atoms with E-state index >= 15 is 0 Å². The average Bonchev–Trinajstić information content (AvgIpc) is 2.30. The van der Waals surface area contributed by atoms with Gasteiger partial charge in [-0.1, -0.05) is 13.8 Å². The number of aliphatic hydroxyl groups excluding tert-OH is 1. The van der Waals surface area contributed by atoms with Crippen molar-refractivity contribution in [2.45, 2.75) is 51.1 Å². The van der Waals surface area contributed by atoms with Crippen molar-refractivity contribution in [1.82, 2.24) is 0 Å². The van der Waals surface area contributed by atoms with Crippen LogP contribution >= 0.6 is 0 Å². The van der Waals surface area contributed by atoms with E-state index < -0.39 is 6.10 Å². The predicted octanol–water partition coefficient (Wildman–Crippen LogP) is 1.21. The van der Waals surface area contributed by atoms with Crippen molar-refractivity contribution >= 4 is 0 Å². The third kappa shape index (κ3) is 2.74. The SMILES string of the molecule is CC[C@@H]1C(O)[C@@H](CC)OC(COC)[C@@H]1OC. The zero-order valence-electron chi connectivity index (χ0n) is 10.7. The summed E-state index contributed by atoms with van der Waals surface area (Å²) >= 11 is 0. The van der Waals surface area contributed by atoms with Gasteiger partial charge in [0.2, 0.25) is 0 Å². The highest BCUT2D eigenvalue weighted by Gasteiger charge is 2.43. The lowest BCUT2D eigenvalue weighted by Crippen LogP contribution is -2.55. The Labute approximate surface area is 97.9 Å². The van der Waals surface area contributed by atoms with Gasteiger partial charge in [-0.15, -0.1) is 0 Å². The fourth-order valence-corrected chi connectivity index (χ4v) is 2.56. The number of hydrogen-bond donors (Lipinski definition) is 1. The third-order valence-corrected chi connectivity index (χ3v) is 3.43. The molecule has 0 aromatic rings. The smallest absolute Gasteiger partial charge is 0.108 e. The van der Waals surface area contributed by atoms with E-state index in [1.807, 2.05) is 6.92 Å². The van der Waals surface area contributed by atoms with Crippen molar-refractivity contribution in [3.63, 3.8) is 0 Å². The summed E-state index contributed by atoms with van der Waals surface area (Å²) in [6.45, 7) is 4.61. The van der Waals surface area contributed by atoms with Crippen molar-refractivity contribution in [3.8, 4) is 0 Å². The minimum atomic E-state index is -0.437. The minimum Gasteiger partial charge on any atom is -0.390 e. The van der Waals surface area contributed by atoms with Gasteiger partial charge in [-0.2, -0.15) is 0 Å². The van der Waals surface area contributed by atoms with Crippen LogP contribution in [0.5, 0.6) is 0 Å². The molecule has 4 nitrogen and oxygen atoms in total. The summed E-state index contributed by atoms with van der Waals surface area (Å²) in [6, 6.07) is 0. The second-order valence-corrected chi connectivity index (χ2v) is 4.34. The molecule has 1 saturated heterocycles. The number of hydrogen-bond acceptors (Lipinski definition) is 4. The minimum absolute atomic E-state index is 0.0756. The molecule has 0 aromatic carbocycles. The number of rotatable bonds is 5. The summed E-state index contributed by atoms with van der Waals surface area (Å²) in [5.41, 5.74) is 0. The van der Waals surface area contributed by atoms with Gasteiger partial charge in [0.25, 0.3) is 0 Å². The maximum atomic E-state index is 10.2. The Morgan fingerprint density at radius 3 is 2.25 bits per heavy atom. The van der Waals surface area contributed by atoms with Gasteiger partial charge in [0.15, 0.2) is 0 Å². The first kappa shape index (κ1) is 13.9. The second-order valence-electron chi connectivity index (χ2n) is 4.34. The zero-order valence-corrected chi connectivity index (χ0v) is 10.7. The molecule has 1 aliphatic rings. The summed E-state index contributed by atoms with van der Waals surface area (Å²) in [7, 11) is 3.32. The topological polar surface area (TPSA) is 47.9 Å². The Hall–Kier alpha value is -0.160. The molecule has 1 N–H and O–H groups in total. The molecule has 0 aliphatic carbocycles.